The summed E-state index contributed by atoms with van der Waals surface area (Å²) in [6.07, 6.45) is 0.815. The maximum atomic E-state index is 13.5. The molecule has 0 bridgehead atoms. The molecule has 1 aliphatic heterocycles. The number of hydrogen-bond donors (Lipinski definition) is 1. The number of amides is 3. The second-order valence-electron chi connectivity index (χ2n) is 8.68. The maximum absolute atomic E-state index is 13.5. The summed E-state index contributed by atoms with van der Waals surface area (Å²) in [4.78, 5) is 31.0. The number of carbonyl (C=O) groups excluding carboxylic acids is 2. The fourth-order valence-corrected chi connectivity index (χ4v) is 4.73. The van der Waals surface area contributed by atoms with Crippen LogP contribution < -0.4 is 5.32 Å². The molecule has 1 aliphatic rings. The van der Waals surface area contributed by atoms with Crippen molar-refractivity contribution in [2.45, 2.75) is 38.8 Å². The third kappa shape index (κ3) is 5.99. The van der Waals surface area contributed by atoms with E-state index in [0.717, 1.165) is 17.5 Å². The average molecular weight is 464 g/mol. The Morgan fingerprint density at radius 2 is 1.97 bits per heavy atom. The number of thiophene rings is 1. The fraction of sp³-hybridized carbons (Fsp3) is 0.478. The van der Waals surface area contributed by atoms with Gasteiger partial charge in [-0.2, -0.15) is 0 Å². The lowest BCUT2D eigenvalue weighted by molar-refractivity contribution is -0.134. The molecule has 0 saturated carbocycles. The first-order valence-electron chi connectivity index (χ1n) is 10.4. The first-order valence-corrected chi connectivity index (χ1v) is 11.6. The number of carbonyl (C=O) groups is 2. The monoisotopic (exact) mass is 463 g/mol. The number of halogens is 1. The van der Waals surface area contributed by atoms with Crippen LogP contribution in [0.4, 0.5) is 4.79 Å². The first kappa shape index (κ1) is 23.6. The summed E-state index contributed by atoms with van der Waals surface area (Å²) in [5, 5.41) is 5.68. The molecule has 1 aromatic heterocycles. The molecule has 168 valence electrons. The van der Waals surface area contributed by atoms with Gasteiger partial charge in [0.25, 0.3) is 0 Å². The second-order valence-corrected chi connectivity index (χ2v) is 10.1. The lowest BCUT2D eigenvalue weighted by atomic mass is 9.93. The molecule has 6 nitrogen and oxygen atoms in total. The highest BCUT2D eigenvalue weighted by atomic mass is 35.5. The zero-order valence-corrected chi connectivity index (χ0v) is 20.1. The molecule has 1 atom stereocenters. The average Bonchev–Trinajstić information content (AvgIpc) is 3.18. The van der Waals surface area contributed by atoms with Crippen molar-refractivity contribution in [1.29, 1.82) is 0 Å². The topological polar surface area (TPSA) is 61.9 Å². The van der Waals surface area contributed by atoms with E-state index in [0.29, 0.717) is 24.7 Å². The smallest absolute Gasteiger partial charge is 0.318 e. The number of nitrogens with one attached hydrogen (secondary N) is 1. The Hall–Kier alpha value is -2.09. The quantitative estimate of drug-likeness (QED) is 0.693. The van der Waals surface area contributed by atoms with Gasteiger partial charge in [-0.25, -0.2) is 4.79 Å². The molecule has 1 N–H and O–H groups in total. The largest absolute Gasteiger partial charge is 0.383 e. The number of urea groups is 1. The molecule has 3 amide bonds. The van der Waals surface area contributed by atoms with Gasteiger partial charge >= 0.3 is 6.03 Å². The summed E-state index contributed by atoms with van der Waals surface area (Å²) in [5.74, 6) is -0.0861. The zero-order chi connectivity index (χ0) is 22.6. The minimum atomic E-state index is -0.395. The summed E-state index contributed by atoms with van der Waals surface area (Å²) < 4.78 is 5.16. The molecule has 0 aliphatic carbocycles. The van der Waals surface area contributed by atoms with Gasteiger partial charge in [0.2, 0.25) is 5.91 Å². The molecule has 0 fully saturated rings. The van der Waals surface area contributed by atoms with Crippen LogP contribution in [0.2, 0.25) is 5.02 Å². The van der Waals surface area contributed by atoms with Crippen LogP contribution in [0.5, 0.6) is 0 Å². The standard InChI is InChI=1S/C23H30ClN3O3S/c1-23(2,3)25-22(29)26(12-13-30-4)15-20(28)27-11-9-19-18(10-14-31-19)21(27)16-5-7-17(24)8-6-16/h5-8,10,14,21H,9,11-13,15H2,1-4H3,(H,25,29). The van der Waals surface area contributed by atoms with Gasteiger partial charge < -0.3 is 19.9 Å². The van der Waals surface area contributed by atoms with Crippen molar-refractivity contribution in [1.82, 2.24) is 15.1 Å². The minimum absolute atomic E-state index is 0.00513. The van der Waals surface area contributed by atoms with Gasteiger partial charge in [0.15, 0.2) is 0 Å². The summed E-state index contributed by atoms with van der Waals surface area (Å²) in [6.45, 7) is 7.06. The Kier molecular flexibility index (Phi) is 7.62. The van der Waals surface area contributed by atoms with Crippen LogP contribution in [0.15, 0.2) is 35.7 Å². The molecular weight excluding hydrogens is 434 g/mol. The maximum Gasteiger partial charge on any atom is 0.318 e. The Balaban J connectivity index is 1.85. The highest BCUT2D eigenvalue weighted by Gasteiger charge is 2.34. The summed E-state index contributed by atoms with van der Waals surface area (Å²) in [7, 11) is 1.58. The lowest BCUT2D eigenvalue weighted by Gasteiger charge is -2.38. The van der Waals surface area contributed by atoms with Crippen molar-refractivity contribution in [2.24, 2.45) is 0 Å². The highest BCUT2D eigenvalue weighted by molar-refractivity contribution is 7.10. The van der Waals surface area contributed by atoms with Crippen LogP contribution in [0, 0.1) is 0 Å². The van der Waals surface area contributed by atoms with Crippen molar-refractivity contribution in [3.63, 3.8) is 0 Å². The Bertz CT molecular complexity index is 908. The predicted octanol–water partition coefficient (Wildman–Crippen LogP) is 4.33. The number of ether oxygens (including phenoxy) is 1. The van der Waals surface area contributed by atoms with Gasteiger partial charge in [0.05, 0.1) is 12.6 Å². The van der Waals surface area contributed by atoms with E-state index in [1.807, 2.05) is 49.9 Å². The van der Waals surface area contributed by atoms with E-state index in [9.17, 15) is 9.59 Å². The summed E-state index contributed by atoms with van der Waals surface area (Å²) >= 11 is 7.81. The third-order valence-corrected chi connectivity index (χ3v) is 6.38. The van der Waals surface area contributed by atoms with Crippen LogP contribution in [-0.4, -0.2) is 60.6 Å². The Labute approximate surface area is 193 Å². The predicted molar refractivity (Wildman–Crippen MR) is 125 cm³/mol. The summed E-state index contributed by atoms with van der Waals surface area (Å²) in [5.41, 5.74) is 1.77. The van der Waals surface area contributed by atoms with E-state index in [1.54, 1.807) is 18.4 Å². The fourth-order valence-electron chi connectivity index (χ4n) is 3.70. The van der Waals surface area contributed by atoms with Gasteiger partial charge in [-0.15, -0.1) is 11.3 Å². The number of benzene rings is 1. The van der Waals surface area contributed by atoms with E-state index in [2.05, 4.69) is 16.8 Å². The first-order chi connectivity index (χ1) is 14.7. The Morgan fingerprint density at radius 1 is 1.26 bits per heavy atom. The highest BCUT2D eigenvalue weighted by Crippen LogP contribution is 2.38. The minimum Gasteiger partial charge on any atom is -0.383 e. The molecule has 1 aromatic carbocycles. The molecule has 0 spiro atoms. The zero-order valence-electron chi connectivity index (χ0n) is 18.5. The van der Waals surface area contributed by atoms with E-state index in [-0.39, 0.29) is 24.5 Å². The number of rotatable bonds is 6. The molecule has 31 heavy (non-hydrogen) atoms. The third-order valence-electron chi connectivity index (χ3n) is 5.13. The molecule has 0 radical (unpaired) electrons. The van der Waals surface area contributed by atoms with E-state index in [1.165, 1.54) is 9.78 Å². The Morgan fingerprint density at radius 3 is 2.61 bits per heavy atom. The van der Waals surface area contributed by atoms with Crippen molar-refractivity contribution in [2.75, 3.05) is 33.4 Å². The summed E-state index contributed by atoms with van der Waals surface area (Å²) in [6, 6.07) is 9.27. The molecular formula is C23H30ClN3O3S. The van der Waals surface area contributed by atoms with Crippen LogP contribution >= 0.6 is 22.9 Å². The van der Waals surface area contributed by atoms with Gasteiger partial charge in [0, 0.05) is 35.6 Å². The number of methoxy groups -OCH3 is 1. The number of nitrogens with zero attached hydrogens (tertiary/aromatic N) is 2. The molecule has 3 rings (SSSR count). The van der Waals surface area contributed by atoms with E-state index < -0.39 is 5.54 Å². The second kappa shape index (κ2) is 10.0. The van der Waals surface area contributed by atoms with Crippen LogP contribution in [0.25, 0.3) is 0 Å². The molecule has 0 saturated heterocycles. The molecule has 8 heteroatoms. The lowest BCUT2D eigenvalue weighted by Crippen LogP contribution is -2.53. The number of hydrogen-bond acceptors (Lipinski definition) is 4. The molecule has 2 heterocycles. The van der Waals surface area contributed by atoms with E-state index in [4.69, 9.17) is 16.3 Å². The van der Waals surface area contributed by atoms with Gasteiger partial charge in [-0.3, -0.25) is 4.79 Å². The van der Waals surface area contributed by atoms with Crippen molar-refractivity contribution < 1.29 is 14.3 Å². The van der Waals surface area contributed by atoms with Crippen LogP contribution in [0.3, 0.4) is 0 Å². The van der Waals surface area contributed by atoms with Crippen LogP contribution in [0.1, 0.15) is 42.8 Å². The van der Waals surface area contributed by atoms with Crippen molar-refractivity contribution >= 4 is 34.9 Å². The molecule has 2 aromatic rings. The number of fused-ring (bicyclic) bond motifs is 1. The van der Waals surface area contributed by atoms with Gasteiger partial charge in [-0.1, -0.05) is 23.7 Å². The van der Waals surface area contributed by atoms with Gasteiger partial charge in [0.1, 0.15) is 6.54 Å². The van der Waals surface area contributed by atoms with Crippen molar-refractivity contribution in [3.05, 3.63) is 56.7 Å². The van der Waals surface area contributed by atoms with Crippen LogP contribution in [-0.2, 0) is 16.0 Å². The van der Waals surface area contributed by atoms with Gasteiger partial charge in [-0.05, 0) is 61.9 Å². The SMILES string of the molecule is COCCN(CC(=O)N1CCc2sccc2C1c1ccc(Cl)cc1)C(=O)NC(C)(C)C. The molecule has 1 unspecified atom stereocenters. The van der Waals surface area contributed by atoms with Crippen molar-refractivity contribution in [3.8, 4) is 0 Å². The normalized spacial score (nSPS) is 16.0. The van der Waals surface area contributed by atoms with E-state index >= 15 is 0 Å².